The highest BCUT2D eigenvalue weighted by Gasteiger charge is 2.48. The van der Waals surface area contributed by atoms with Gasteiger partial charge in [-0.1, -0.05) is 30.3 Å². The summed E-state index contributed by atoms with van der Waals surface area (Å²) in [6, 6.07) is 10.4. The Morgan fingerprint density at radius 2 is 2.00 bits per heavy atom. The zero-order chi connectivity index (χ0) is 19.5. The molecular weight excluding hydrogens is 356 g/mol. The number of pyridine rings is 1. The van der Waals surface area contributed by atoms with Gasteiger partial charge in [0.25, 0.3) is 5.56 Å². The molecule has 1 aromatic carbocycles. The van der Waals surface area contributed by atoms with Crippen LogP contribution in [0.15, 0.2) is 35.1 Å². The van der Waals surface area contributed by atoms with Gasteiger partial charge in [-0.05, 0) is 36.8 Å². The van der Waals surface area contributed by atoms with Crippen LogP contribution >= 0.6 is 0 Å². The van der Waals surface area contributed by atoms with Crippen molar-refractivity contribution in [2.75, 3.05) is 6.54 Å². The molecule has 7 heteroatoms. The highest BCUT2D eigenvalue weighted by atomic mass is 16.4. The Morgan fingerprint density at radius 3 is 2.68 bits per heavy atom. The summed E-state index contributed by atoms with van der Waals surface area (Å²) in [5.41, 5.74) is 4.39. The smallest absolute Gasteiger partial charge is 0.407 e. The maximum atomic E-state index is 12.6. The first-order valence-corrected chi connectivity index (χ1v) is 9.61. The third-order valence-electron chi connectivity index (χ3n) is 6.21. The number of aryl methyl sites for hydroxylation is 1. The third kappa shape index (κ3) is 2.53. The molecule has 1 saturated carbocycles. The van der Waals surface area contributed by atoms with Gasteiger partial charge in [0.15, 0.2) is 0 Å². The maximum Gasteiger partial charge on any atom is 0.407 e. The molecule has 144 valence electrons. The molecule has 3 heterocycles. The fraction of sp³-hybridized carbons (Fsp3) is 0.381. The fourth-order valence-electron chi connectivity index (χ4n) is 4.55. The normalized spacial score (nSPS) is 17.5. The maximum absolute atomic E-state index is 12.6. The average molecular weight is 378 g/mol. The molecular formula is C21H22N4O3. The molecule has 1 aliphatic heterocycles. The standard InChI is InChI=1S/C21H22N4O3/c1-24-18-16(14-7-10-25(20(27)28)12-15(14)19(26)22-18)17(23-24)21(8-9-21)11-13-5-3-2-4-6-13/h2-6H,7-12H2,1H3,(H,22,26)(H,27,28). The van der Waals surface area contributed by atoms with Crippen molar-refractivity contribution in [2.24, 2.45) is 7.05 Å². The second kappa shape index (κ2) is 5.95. The van der Waals surface area contributed by atoms with Crippen LogP contribution in [0, 0.1) is 0 Å². The summed E-state index contributed by atoms with van der Waals surface area (Å²) in [7, 11) is 1.86. The number of carbonyl (C=O) groups is 1. The Bertz CT molecular complexity index is 1140. The van der Waals surface area contributed by atoms with Crippen molar-refractivity contribution >= 4 is 17.1 Å². The number of fused-ring (bicyclic) bond motifs is 3. The van der Waals surface area contributed by atoms with E-state index in [4.69, 9.17) is 5.10 Å². The van der Waals surface area contributed by atoms with Crippen molar-refractivity contribution in [3.8, 4) is 0 Å². The molecule has 2 N–H and O–H groups in total. The van der Waals surface area contributed by atoms with Crippen LogP contribution in [-0.4, -0.2) is 37.4 Å². The summed E-state index contributed by atoms with van der Waals surface area (Å²) < 4.78 is 1.76. The predicted molar refractivity (Wildman–Crippen MR) is 105 cm³/mol. The monoisotopic (exact) mass is 378 g/mol. The molecule has 3 aromatic rings. The van der Waals surface area contributed by atoms with Crippen molar-refractivity contribution < 1.29 is 9.90 Å². The van der Waals surface area contributed by atoms with Gasteiger partial charge in [0.05, 0.1) is 12.2 Å². The van der Waals surface area contributed by atoms with Gasteiger partial charge < -0.3 is 15.0 Å². The largest absolute Gasteiger partial charge is 0.465 e. The lowest BCUT2D eigenvalue weighted by Crippen LogP contribution is -2.38. The van der Waals surface area contributed by atoms with Crippen LogP contribution in [-0.2, 0) is 31.8 Å². The van der Waals surface area contributed by atoms with E-state index < -0.39 is 6.09 Å². The van der Waals surface area contributed by atoms with Crippen LogP contribution < -0.4 is 5.56 Å². The second-order valence-corrected chi connectivity index (χ2v) is 8.00. The molecule has 2 aromatic heterocycles. The van der Waals surface area contributed by atoms with E-state index in [1.807, 2.05) is 13.1 Å². The molecule has 0 radical (unpaired) electrons. The van der Waals surface area contributed by atoms with Gasteiger partial charge in [0, 0.05) is 30.0 Å². The van der Waals surface area contributed by atoms with Gasteiger partial charge in [0.1, 0.15) is 5.65 Å². The van der Waals surface area contributed by atoms with Crippen LogP contribution in [0.1, 0.15) is 35.2 Å². The average Bonchev–Trinajstić information content (AvgIpc) is 3.39. The molecule has 0 unspecified atom stereocenters. The quantitative estimate of drug-likeness (QED) is 0.733. The highest BCUT2D eigenvalue weighted by molar-refractivity contribution is 5.85. The Balaban J connectivity index is 1.66. The van der Waals surface area contributed by atoms with Crippen molar-refractivity contribution in [1.29, 1.82) is 0 Å². The Labute approximate surface area is 161 Å². The van der Waals surface area contributed by atoms with Crippen LogP contribution in [0.5, 0.6) is 0 Å². The molecule has 1 fully saturated rings. The van der Waals surface area contributed by atoms with Gasteiger partial charge in [-0.3, -0.25) is 9.48 Å². The summed E-state index contributed by atoms with van der Waals surface area (Å²) in [6.07, 6.45) is 2.63. The number of rotatable bonds is 3. The number of benzene rings is 1. The summed E-state index contributed by atoms with van der Waals surface area (Å²) in [6.45, 7) is 0.539. The predicted octanol–water partition coefficient (Wildman–Crippen LogP) is 2.57. The van der Waals surface area contributed by atoms with Crippen molar-refractivity contribution in [2.45, 2.75) is 37.6 Å². The lowest BCUT2D eigenvalue weighted by molar-refractivity contribution is 0.140. The van der Waals surface area contributed by atoms with Crippen LogP contribution in [0.25, 0.3) is 11.0 Å². The summed E-state index contributed by atoms with van der Waals surface area (Å²) in [5, 5.41) is 15.2. The number of hydrogen-bond acceptors (Lipinski definition) is 3. The first-order valence-electron chi connectivity index (χ1n) is 9.61. The lowest BCUT2D eigenvalue weighted by atomic mass is 9.88. The number of carboxylic acid groups (broad SMARTS) is 1. The fourth-order valence-corrected chi connectivity index (χ4v) is 4.55. The number of aromatic nitrogens is 3. The minimum Gasteiger partial charge on any atom is -0.465 e. The molecule has 0 saturated heterocycles. The first-order chi connectivity index (χ1) is 13.5. The number of amides is 1. The summed E-state index contributed by atoms with van der Waals surface area (Å²) >= 11 is 0. The van der Waals surface area contributed by atoms with Gasteiger partial charge in [-0.2, -0.15) is 5.10 Å². The minimum absolute atomic E-state index is 0.00317. The molecule has 0 atom stereocenters. The highest BCUT2D eigenvalue weighted by Crippen LogP contribution is 2.52. The SMILES string of the molecule is Cn1nc(C2(Cc3ccccc3)CC2)c2c3c(c(=O)[nH]c21)CN(C(=O)O)CC3. The number of aromatic amines is 1. The topological polar surface area (TPSA) is 91.2 Å². The minimum atomic E-state index is -0.987. The summed E-state index contributed by atoms with van der Waals surface area (Å²) in [4.78, 5) is 28.3. The van der Waals surface area contributed by atoms with E-state index in [9.17, 15) is 14.7 Å². The number of nitrogens with one attached hydrogen (secondary N) is 1. The number of nitrogens with zero attached hydrogens (tertiary/aromatic N) is 3. The molecule has 0 spiro atoms. The zero-order valence-corrected chi connectivity index (χ0v) is 15.7. The van der Waals surface area contributed by atoms with Crippen molar-refractivity contribution in [3.05, 3.63) is 63.1 Å². The molecule has 1 amide bonds. The number of H-pyrrole nitrogens is 1. The zero-order valence-electron chi connectivity index (χ0n) is 15.7. The molecule has 7 nitrogen and oxygen atoms in total. The second-order valence-electron chi connectivity index (χ2n) is 8.00. The molecule has 5 rings (SSSR count). The van der Waals surface area contributed by atoms with Gasteiger partial charge in [-0.15, -0.1) is 0 Å². The van der Waals surface area contributed by atoms with Crippen LogP contribution in [0.4, 0.5) is 4.79 Å². The van der Waals surface area contributed by atoms with E-state index in [-0.39, 0.29) is 17.5 Å². The van der Waals surface area contributed by atoms with Gasteiger partial charge >= 0.3 is 6.09 Å². The number of hydrogen-bond donors (Lipinski definition) is 2. The van der Waals surface area contributed by atoms with Gasteiger partial charge in [-0.25, -0.2) is 4.79 Å². The molecule has 0 bridgehead atoms. The van der Waals surface area contributed by atoms with Crippen LogP contribution in [0.2, 0.25) is 0 Å². The van der Waals surface area contributed by atoms with Crippen LogP contribution in [0.3, 0.4) is 0 Å². The van der Waals surface area contributed by atoms with Gasteiger partial charge in [0.2, 0.25) is 0 Å². The molecule has 2 aliphatic rings. The Kier molecular flexibility index (Phi) is 3.62. The van der Waals surface area contributed by atoms with E-state index in [1.165, 1.54) is 10.5 Å². The van der Waals surface area contributed by atoms with Crippen molar-refractivity contribution in [1.82, 2.24) is 19.7 Å². The van der Waals surface area contributed by atoms with E-state index >= 15 is 0 Å². The molecule has 1 aliphatic carbocycles. The first kappa shape index (κ1) is 17.0. The third-order valence-corrected chi connectivity index (χ3v) is 6.21. The van der Waals surface area contributed by atoms with E-state index in [1.54, 1.807) is 4.68 Å². The van der Waals surface area contributed by atoms with E-state index in [2.05, 4.69) is 29.2 Å². The Morgan fingerprint density at radius 1 is 1.25 bits per heavy atom. The van der Waals surface area contributed by atoms with E-state index in [0.717, 1.165) is 41.6 Å². The Hall–Kier alpha value is -3.09. The van der Waals surface area contributed by atoms with E-state index in [0.29, 0.717) is 18.5 Å². The lowest BCUT2D eigenvalue weighted by Gasteiger charge is -2.26. The molecule has 28 heavy (non-hydrogen) atoms. The van der Waals surface area contributed by atoms with Crippen molar-refractivity contribution in [3.63, 3.8) is 0 Å². The summed E-state index contributed by atoms with van der Waals surface area (Å²) in [5.74, 6) is 0.